The van der Waals surface area contributed by atoms with Crippen molar-refractivity contribution in [2.75, 3.05) is 11.9 Å². The van der Waals surface area contributed by atoms with Gasteiger partial charge in [-0.05, 0) is 45.9 Å². The van der Waals surface area contributed by atoms with E-state index >= 15 is 0 Å². The molecule has 0 atom stereocenters. The topological polar surface area (TPSA) is 84.5 Å². The van der Waals surface area contributed by atoms with Crippen LogP contribution in [0.4, 0.5) is 5.69 Å². The second kappa shape index (κ2) is 7.06. The van der Waals surface area contributed by atoms with Gasteiger partial charge in [0.15, 0.2) is 12.4 Å². The van der Waals surface area contributed by atoms with E-state index in [2.05, 4.69) is 10.6 Å². The summed E-state index contributed by atoms with van der Waals surface area (Å²) in [6.45, 7) is 8.20. The number of hydrogen-bond donors (Lipinski definition) is 2. The van der Waals surface area contributed by atoms with Gasteiger partial charge in [0.05, 0.1) is 5.69 Å². The van der Waals surface area contributed by atoms with Crippen LogP contribution in [-0.2, 0) is 9.59 Å². The normalized spacial score (nSPS) is 10.8. The Kier molecular flexibility index (Phi) is 5.68. The molecule has 22 heavy (non-hydrogen) atoms. The van der Waals surface area contributed by atoms with E-state index in [0.29, 0.717) is 11.3 Å². The van der Waals surface area contributed by atoms with Gasteiger partial charge in [-0.25, -0.2) is 0 Å². The molecule has 0 aromatic heterocycles. The first-order chi connectivity index (χ1) is 10.1. The molecule has 1 aromatic rings. The molecule has 2 amide bonds. The lowest BCUT2D eigenvalue weighted by Gasteiger charge is -2.21. The number of carbonyl (C=O) groups excluding carboxylic acids is 3. The average Bonchev–Trinajstić information content (AvgIpc) is 2.34. The number of nitrogens with one attached hydrogen (secondary N) is 2. The van der Waals surface area contributed by atoms with Gasteiger partial charge in [0.1, 0.15) is 5.75 Å². The van der Waals surface area contributed by atoms with Gasteiger partial charge in [-0.3, -0.25) is 14.4 Å². The van der Waals surface area contributed by atoms with Crippen molar-refractivity contribution in [3.63, 3.8) is 0 Å². The van der Waals surface area contributed by atoms with Crippen molar-refractivity contribution in [1.82, 2.24) is 5.32 Å². The zero-order valence-corrected chi connectivity index (χ0v) is 13.6. The van der Waals surface area contributed by atoms with Crippen LogP contribution in [-0.4, -0.2) is 29.7 Å². The molecule has 0 saturated heterocycles. The molecular formula is C16H22N2O4. The molecule has 0 saturated carbocycles. The Morgan fingerprint density at radius 3 is 2.27 bits per heavy atom. The lowest BCUT2D eigenvalue weighted by Crippen LogP contribution is -2.43. The number of ether oxygens (including phenoxy) is 1. The zero-order chi connectivity index (χ0) is 16.9. The van der Waals surface area contributed by atoms with E-state index in [1.54, 1.807) is 12.1 Å². The fourth-order valence-electron chi connectivity index (χ4n) is 1.75. The fourth-order valence-corrected chi connectivity index (χ4v) is 1.75. The van der Waals surface area contributed by atoms with Gasteiger partial charge in [-0.1, -0.05) is 0 Å². The SMILES string of the molecule is CC(=O)Nc1ccc(C(C)=O)cc1OCC(=O)NC(C)(C)C. The number of carbonyl (C=O) groups is 3. The van der Waals surface area contributed by atoms with Crippen LogP contribution in [0.2, 0.25) is 0 Å². The van der Waals surface area contributed by atoms with Gasteiger partial charge in [0, 0.05) is 18.0 Å². The van der Waals surface area contributed by atoms with Crippen molar-refractivity contribution >= 4 is 23.3 Å². The molecule has 0 aliphatic rings. The maximum atomic E-state index is 11.8. The average molecular weight is 306 g/mol. The minimum atomic E-state index is -0.359. The van der Waals surface area contributed by atoms with Crippen LogP contribution in [0.1, 0.15) is 45.0 Å². The fraction of sp³-hybridized carbons (Fsp3) is 0.438. The Bertz CT molecular complexity index is 588. The maximum absolute atomic E-state index is 11.8. The summed E-state index contributed by atoms with van der Waals surface area (Å²) >= 11 is 0. The minimum Gasteiger partial charge on any atom is -0.482 e. The third-order valence-corrected chi connectivity index (χ3v) is 2.57. The number of rotatable bonds is 5. The molecule has 1 rings (SSSR count). The Morgan fingerprint density at radius 1 is 1.14 bits per heavy atom. The summed E-state index contributed by atoms with van der Waals surface area (Å²) < 4.78 is 5.46. The number of anilines is 1. The van der Waals surface area contributed by atoms with Gasteiger partial charge in [0.25, 0.3) is 5.91 Å². The third kappa shape index (κ3) is 5.95. The molecule has 0 aliphatic carbocycles. The molecule has 0 radical (unpaired) electrons. The summed E-state index contributed by atoms with van der Waals surface area (Å²) in [6.07, 6.45) is 0. The molecule has 0 heterocycles. The summed E-state index contributed by atoms with van der Waals surface area (Å²) in [5, 5.41) is 5.37. The maximum Gasteiger partial charge on any atom is 0.258 e. The number of amides is 2. The molecule has 0 fully saturated rings. The molecule has 120 valence electrons. The van der Waals surface area contributed by atoms with Crippen molar-refractivity contribution in [1.29, 1.82) is 0 Å². The summed E-state index contributed by atoms with van der Waals surface area (Å²) in [5.41, 5.74) is 0.503. The Balaban J connectivity index is 2.90. The molecule has 6 heteroatoms. The highest BCUT2D eigenvalue weighted by molar-refractivity contribution is 5.96. The molecule has 2 N–H and O–H groups in total. The first-order valence-electron chi connectivity index (χ1n) is 6.95. The van der Waals surface area contributed by atoms with Crippen LogP contribution in [0.25, 0.3) is 0 Å². The number of hydrogen-bond acceptors (Lipinski definition) is 4. The Labute approximate surface area is 130 Å². The van der Waals surface area contributed by atoms with Crippen LogP contribution >= 0.6 is 0 Å². The van der Waals surface area contributed by atoms with Crippen LogP contribution in [0, 0.1) is 0 Å². The standard InChI is InChI=1S/C16H22N2O4/c1-10(19)12-6-7-13(17-11(2)20)14(8-12)22-9-15(21)18-16(3,4)5/h6-8H,9H2,1-5H3,(H,17,20)(H,18,21). The molecule has 0 unspecified atom stereocenters. The highest BCUT2D eigenvalue weighted by Gasteiger charge is 2.15. The lowest BCUT2D eigenvalue weighted by molar-refractivity contribution is -0.124. The largest absolute Gasteiger partial charge is 0.482 e. The van der Waals surface area contributed by atoms with Crippen molar-refractivity contribution in [3.8, 4) is 5.75 Å². The molecule has 0 spiro atoms. The zero-order valence-electron chi connectivity index (χ0n) is 13.6. The third-order valence-electron chi connectivity index (χ3n) is 2.57. The first-order valence-corrected chi connectivity index (χ1v) is 6.95. The van der Waals surface area contributed by atoms with Gasteiger partial charge in [-0.15, -0.1) is 0 Å². The predicted molar refractivity (Wildman–Crippen MR) is 84.1 cm³/mol. The van der Waals surface area contributed by atoms with Crippen molar-refractivity contribution in [2.45, 2.75) is 40.2 Å². The smallest absolute Gasteiger partial charge is 0.258 e. The van der Waals surface area contributed by atoms with Crippen molar-refractivity contribution < 1.29 is 19.1 Å². The van der Waals surface area contributed by atoms with E-state index in [0.717, 1.165) is 0 Å². The van der Waals surface area contributed by atoms with E-state index in [1.165, 1.54) is 19.9 Å². The summed E-state index contributed by atoms with van der Waals surface area (Å²) in [7, 11) is 0. The number of benzene rings is 1. The molecule has 1 aromatic carbocycles. The molecule has 0 bridgehead atoms. The van der Waals surface area contributed by atoms with E-state index in [1.807, 2.05) is 20.8 Å². The second-order valence-corrected chi connectivity index (χ2v) is 6.04. The summed E-state index contributed by atoms with van der Waals surface area (Å²) in [5.74, 6) is -0.389. The van der Waals surface area contributed by atoms with Crippen LogP contribution in [0.3, 0.4) is 0 Å². The van der Waals surface area contributed by atoms with Crippen molar-refractivity contribution in [2.24, 2.45) is 0 Å². The Morgan fingerprint density at radius 2 is 1.77 bits per heavy atom. The van der Waals surface area contributed by atoms with Gasteiger partial charge < -0.3 is 15.4 Å². The highest BCUT2D eigenvalue weighted by Crippen LogP contribution is 2.26. The molecule has 0 aliphatic heterocycles. The molecule has 6 nitrogen and oxygen atoms in total. The lowest BCUT2D eigenvalue weighted by atomic mass is 10.1. The van der Waals surface area contributed by atoms with Crippen LogP contribution in [0.15, 0.2) is 18.2 Å². The minimum absolute atomic E-state index is 0.127. The highest BCUT2D eigenvalue weighted by atomic mass is 16.5. The van der Waals surface area contributed by atoms with Gasteiger partial charge in [-0.2, -0.15) is 0 Å². The van der Waals surface area contributed by atoms with Crippen molar-refractivity contribution in [3.05, 3.63) is 23.8 Å². The van der Waals surface area contributed by atoms with Gasteiger partial charge in [0.2, 0.25) is 5.91 Å². The monoisotopic (exact) mass is 306 g/mol. The van der Waals surface area contributed by atoms with Gasteiger partial charge >= 0.3 is 0 Å². The second-order valence-electron chi connectivity index (χ2n) is 6.04. The van der Waals surface area contributed by atoms with E-state index < -0.39 is 0 Å². The molecular weight excluding hydrogens is 284 g/mol. The van der Waals surface area contributed by atoms with E-state index in [9.17, 15) is 14.4 Å². The first kappa shape index (κ1) is 17.7. The predicted octanol–water partition coefficient (Wildman–Crippen LogP) is 2.14. The Hall–Kier alpha value is -2.37. The van der Waals surface area contributed by atoms with E-state index in [4.69, 9.17) is 4.74 Å². The van der Waals surface area contributed by atoms with Crippen LogP contribution in [0.5, 0.6) is 5.75 Å². The van der Waals surface area contributed by atoms with Crippen LogP contribution < -0.4 is 15.4 Å². The summed E-state index contributed by atoms with van der Waals surface area (Å²) in [4.78, 5) is 34.4. The summed E-state index contributed by atoms with van der Waals surface area (Å²) in [6, 6.07) is 4.68. The number of Topliss-reactive ketones (excluding diaryl/α,β-unsaturated/α-hetero) is 1. The van der Waals surface area contributed by atoms with E-state index in [-0.39, 0.29) is 35.5 Å². The quantitative estimate of drug-likeness (QED) is 0.816. The number of ketones is 1.